The number of hydrogen-bond donors (Lipinski definition) is 2. The van der Waals surface area contributed by atoms with Gasteiger partial charge >= 0.3 is 0 Å². The number of pyridine rings is 1. The van der Waals surface area contributed by atoms with E-state index in [0.29, 0.717) is 18.8 Å². The van der Waals surface area contributed by atoms with E-state index in [9.17, 15) is 4.79 Å². The lowest BCUT2D eigenvalue weighted by molar-refractivity contribution is -0.127. The molecule has 0 aliphatic heterocycles. The molecule has 5 heteroatoms. The number of aromatic nitrogens is 1. The Morgan fingerprint density at radius 1 is 1.59 bits per heavy atom. The van der Waals surface area contributed by atoms with Gasteiger partial charge in [0, 0.05) is 13.1 Å². The summed E-state index contributed by atoms with van der Waals surface area (Å²) in [6.07, 6.45) is 1.96. The topological polar surface area (TPSA) is 77.2 Å². The second-order valence-corrected chi connectivity index (χ2v) is 3.74. The number of carbonyl (C=O) groups is 1. The van der Waals surface area contributed by atoms with Crippen LogP contribution in [0.3, 0.4) is 0 Å². The summed E-state index contributed by atoms with van der Waals surface area (Å²) in [6, 6.07) is 3.55. The van der Waals surface area contributed by atoms with E-state index in [-0.39, 0.29) is 5.91 Å². The highest BCUT2D eigenvalue weighted by Gasteiger charge is 2.13. The summed E-state index contributed by atoms with van der Waals surface area (Å²) in [5.41, 5.74) is 6.23. The molecule has 0 radical (unpaired) electrons. The van der Waals surface area contributed by atoms with Gasteiger partial charge in [0.1, 0.15) is 5.75 Å². The predicted molar refractivity (Wildman–Crippen MR) is 65.5 cm³/mol. The van der Waals surface area contributed by atoms with E-state index in [0.717, 1.165) is 12.1 Å². The maximum Gasteiger partial charge on any atom is 0.260 e. The Labute approximate surface area is 101 Å². The Bertz CT molecular complexity index is 351. The first kappa shape index (κ1) is 13.4. The Morgan fingerprint density at radius 3 is 2.88 bits per heavy atom. The highest BCUT2D eigenvalue weighted by atomic mass is 16.5. The SMILES string of the molecule is CCCNC(=O)C(C)Oc1ccc(CN)nc1. The van der Waals surface area contributed by atoms with Crippen LogP contribution in [0.25, 0.3) is 0 Å². The van der Waals surface area contributed by atoms with Crippen molar-refractivity contribution in [1.29, 1.82) is 0 Å². The van der Waals surface area contributed by atoms with Crippen molar-refractivity contribution in [3.63, 3.8) is 0 Å². The van der Waals surface area contributed by atoms with Crippen LogP contribution in [0.5, 0.6) is 5.75 Å². The van der Waals surface area contributed by atoms with Crippen molar-refractivity contribution in [2.24, 2.45) is 5.73 Å². The number of nitrogens with two attached hydrogens (primary N) is 1. The van der Waals surface area contributed by atoms with Crippen molar-refractivity contribution in [3.05, 3.63) is 24.0 Å². The van der Waals surface area contributed by atoms with Crippen molar-refractivity contribution in [1.82, 2.24) is 10.3 Å². The van der Waals surface area contributed by atoms with Gasteiger partial charge in [0.2, 0.25) is 0 Å². The fourth-order valence-electron chi connectivity index (χ4n) is 1.25. The number of carbonyl (C=O) groups excluding carboxylic acids is 1. The Kier molecular flexibility index (Phi) is 5.42. The molecule has 1 atom stereocenters. The van der Waals surface area contributed by atoms with Crippen molar-refractivity contribution in [3.8, 4) is 5.75 Å². The van der Waals surface area contributed by atoms with E-state index in [1.165, 1.54) is 0 Å². The highest BCUT2D eigenvalue weighted by Crippen LogP contribution is 2.11. The molecule has 3 N–H and O–H groups in total. The van der Waals surface area contributed by atoms with Crippen LogP contribution in [0.2, 0.25) is 0 Å². The van der Waals surface area contributed by atoms with Crippen LogP contribution in [-0.4, -0.2) is 23.5 Å². The maximum absolute atomic E-state index is 11.6. The minimum Gasteiger partial charge on any atom is -0.479 e. The number of ether oxygens (including phenoxy) is 1. The Morgan fingerprint density at radius 2 is 2.35 bits per heavy atom. The van der Waals surface area contributed by atoms with Gasteiger partial charge < -0.3 is 15.8 Å². The zero-order valence-electron chi connectivity index (χ0n) is 10.3. The van der Waals surface area contributed by atoms with Gasteiger partial charge in [-0.15, -0.1) is 0 Å². The number of hydrogen-bond acceptors (Lipinski definition) is 4. The largest absolute Gasteiger partial charge is 0.479 e. The van der Waals surface area contributed by atoms with Crippen molar-refractivity contribution in [2.75, 3.05) is 6.54 Å². The molecule has 0 fully saturated rings. The third kappa shape index (κ3) is 4.40. The molecule has 94 valence electrons. The normalized spacial score (nSPS) is 11.9. The molecule has 1 aromatic rings. The summed E-state index contributed by atoms with van der Waals surface area (Å²) in [6.45, 7) is 4.77. The smallest absolute Gasteiger partial charge is 0.260 e. The number of amides is 1. The minimum absolute atomic E-state index is 0.116. The molecule has 1 rings (SSSR count). The first-order valence-corrected chi connectivity index (χ1v) is 5.76. The predicted octanol–water partition coefficient (Wildman–Crippen LogP) is 0.834. The molecular formula is C12H19N3O2. The van der Waals surface area contributed by atoms with Gasteiger partial charge in [0.25, 0.3) is 5.91 Å². The van der Waals surface area contributed by atoms with Crippen LogP contribution in [0.1, 0.15) is 26.0 Å². The minimum atomic E-state index is -0.521. The van der Waals surface area contributed by atoms with Gasteiger partial charge in [-0.3, -0.25) is 9.78 Å². The van der Waals surface area contributed by atoms with E-state index < -0.39 is 6.10 Å². The van der Waals surface area contributed by atoms with Crippen LogP contribution in [0.4, 0.5) is 0 Å². The fourth-order valence-corrected chi connectivity index (χ4v) is 1.25. The molecular weight excluding hydrogens is 218 g/mol. The Balaban J connectivity index is 2.49. The molecule has 0 saturated heterocycles. The van der Waals surface area contributed by atoms with Crippen molar-refractivity contribution in [2.45, 2.75) is 32.9 Å². The highest BCUT2D eigenvalue weighted by molar-refractivity contribution is 5.80. The molecule has 1 aromatic heterocycles. The number of nitrogens with zero attached hydrogens (tertiary/aromatic N) is 1. The number of rotatable bonds is 6. The molecule has 0 saturated carbocycles. The van der Waals surface area contributed by atoms with Gasteiger partial charge in [-0.05, 0) is 25.5 Å². The van der Waals surface area contributed by atoms with E-state index in [4.69, 9.17) is 10.5 Å². The molecule has 1 amide bonds. The van der Waals surface area contributed by atoms with Crippen molar-refractivity contribution >= 4 is 5.91 Å². The van der Waals surface area contributed by atoms with Gasteiger partial charge in [-0.1, -0.05) is 6.92 Å². The quantitative estimate of drug-likeness (QED) is 0.768. The molecule has 0 aliphatic carbocycles. The summed E-state index contributed by atoms with van der Waals surface area (Å²) in [7, 11) is 0. The summed E-state index contributed by atoms with van der Waals surface area (Å²) >= 11 is 0. The summed E-state index contributed by atoms with van der Waals surface area (Å²) in [5, 5.41) is 2.77. The van der Waals surface area contributed by atoms with Gasteiger partial charge in [-0.2, -0.15) is 0 Å². The maximum atomic E-state index is 11.6. The second kappa shape index (κ2) is 6.85. The summed E-state index contributed by atoms with van der Waals surface area (Å²) in [4.78, 5) is 15.6. The third-order valence-electron chi connectivity index (χ3n) is 2.24. The zero-order valence-corrected chi connectivity index (χ0v) is 10.3. The average molecular weight is 237 g/mol. The lowest BCUT2D eigenvalue weighted by atomic mass is 10.3. The van der Waals surface area contributed by atoms with Gasteiger partial charge in [-0.25, -0.2) is 0 Å². The van der Waals surface area contributed by atoms with Crippen LogP contribution in [0.15, 0.2) is 18.3 Å². The first-order chi connectivity index (χ1) is 8.17. The fraction of sp³-hybridized carbons (Fsp3) is 0.500. The summed E-state index contributed by atoms with van der Waals surface area (Å²) < 4.78 is 5.46. The van der Waals surface area contributed by atoms with E-state index in [2.05, 4.69) is 10.3 Å². The van der Waals surface area contributed by atoms with E-state index in [1.54, 1.807) is 25.3 Å². The Hall–Kier alpha value is -1.62. The van der Waals surface area contributed by atoms with Gasteiger partial charge in [0.15, 0.2) is 6.10 Å². The molecule has 1 unspecified atom stereocenters. The lowest BCUT2D eigenvalue weighted by Crippen LogP contribution is -2.36. The average Bonchev–Trinajstić information content (AvgIpc) is 2.36. The molecule has 5 nitrogen and oxygen atoms in total. The van der Waals surface area contributed by atoms with E-state index in [1.807, 2.05) is 6.92 Å². The standard InChI is InChI=1S/C12H19N3O2/c1-3-6-14-12(16)9(2)17-11-5-4-10(7-13)15-8-11/h4-5,8-9H,3,6-7,13H2,1-2H3,(H,14,16). The van der Waals surface area contributed by atoms with E-state index >= 15 is 0 Å². The molecule has 0 bridgehead atoms. The molecule has 1 heterocycles. The first-order valence-electron chi connectivity index (χ1n) is 5.76. The monoisotopic (exact) mass is 237 g/mol. The van der Waals surface area contributed by atoms with Crippen LogP contribution >= 0.6 is 0 Å². The van der Waals surface area contributed by atoms with Crippen LogP contribution in [0, 0.1) is 0 Å². The molecule has 0 aromatic carbocycles. The number of nitrogens with one attached hydrogen (secondary N) is 1. The summed E-state index contributed by atoms with van der Waals surface area (Å²) in [5.74, 6) is 0.455. The van der Waals surface area contributed by atoms with Crippen LogP contribution in [-0.2, 0) is 11.3 Å². The third-order valence-corrected chi connectivity index (χ3v) is 2.24. The zero-order chi connectivity index (χ0) is 12.7. The lowest BCUT2D eigenvalue weighted by Gasteiger charge is -2.14. The molecule has 17 heavy (non-hydrogen) atoms. The van der Waals surface area contributed by atoms with Crippen molar-refractivity contribution < 1.29 is 9.53 Å². The van der Waals surface area contributed by atoms with Gasteiger partial charge in [0.05, 0.1) is 11.9 Å². The molecule has 0 spiro atoms. The second-order valence-electron chi connectivity index (χ2n) is 3.74. The van der Waals surface area contributed by atoms with Crippen LogP contribution < -0.4 is 15.8 Å². The molecule has 0 aliphatic rings.